The van der Waals surface area contributed by atoms with Crippen LogP contribution in [-0.2, 0) is 23.1 Å². The summed E-state index contributed by atoms with van der Waals surface area (Å²) in [6.07, 6.45) is 0.633. The molecule has 0 saturated heterocycles. The molecular weight excluding hydrogens is 334 g/mol. The van der Waals surface area contributed by atoms with Crippen molar-refractivity contribution in [1.82, 2.24) is 9.78 Å². The molecule has 1 unspecified atom stereocenters. The fourth-order valence-electron chi connectivity index (χ4n) is 2.88. The van der Waals surface area contributed by atoms with Gasteiger partial charge >= 0.3 is 5.97 Å². The normalized spacial score (nSPS) is 11.9. The topological polar surface area (TPSA) is 84.7 Å². The van der Waals surface area contributed by atoms with E-state index in [0.717, 1.165) is 22.6 Å². The summed E-state index contributed by atoms with van der Waals surface area (Å²) in [7, 11) is 3.63. The number of amides is 1. The first-order chi connectivity index (χ1) is 12.2. The molecule has 0 saturated carbocycles. The number of aromatic nitrogens is 2. The van der Waals surface area contributed by atoms with E-state index in [4.69, 9.17) is 9.84 Å². The summed E-state index contributed by atoms with van der Waals surface area (Å²) < 4.78 is 6.94. The first-order valence-electron chi connectivity index (χ1n) is 8.42. The predicted octanol–water partition coefficient (Wildman–Crippen LogP) is 2.34. The molecule has 1 N–H and O–H groups in total. The summed E-state index contributed by atoms with van der Waals surface area (Å²) in [6, 6.07) is 6.79. The van der Waals surface area contributed by atoms with Crippen molar-refractivity contribution >= 4 is 17.6 Å². The number of carboxylic acid groups (broad SMARTS) is 1. The number of carbonyl (C=O) groups excluding carboxylic acids is 1. The van der Waals surface area contributed by atoms with Crippen molar-refractivity contribution in [3.63, 3.8) is 0 Å². The molecule has 26 heavy (non-hydrogen) atoms. The number of carboxylic acids is 1. The van der Waals surface area contributed by atoms with E-state index in [1.165, 1.54) is 0 Å². The van der Waals surface area contributed by atoms with Crippen molar-refractivity contribution in [1.29, 1.82) is 0 Å². The maximum atomic E-state index is 12.8. The van der Waals surface area contributed by atoms with Crippen molar-refractivity contribution < 1.29 is 19.4 Å². The average Bonchev–Trinajstić information content (AvgIpc) is 2.85. The van der Waals surface area contributed by atoms with Gasteiger partial charge in [-0.25, -0.2) is 4.79 Å². The van der Waals surface area contributed by atoms with E-state index >= 15 is 0 Å². The maximum absolute atomic E-state index is 12.8. The Morgan fingerprint density at radius 2 is 1.88 bits per heavy atom. The Bertz CT molecular complexity index is 796. The molecule has 0 aliphatic heterocycles. The molecule has 0 spiro atoms. The van der Waals surface area contributed by atoms with Crippen molar-refractivity contribution in [3.8, 4) is 5.75 Å². The predicted molar refractivity (Wildman–Crippen MR) is 98.5 cm³/mol. The summed E-state index contributed by atoms with van der Waals surface area (Å²) in [6.45, 7) is 5.48. The van der Waals surface area contributed by atoms with Gasteiger partial charge < -0.3 is 14.7 Å². The zero-order valence-corrected chi connectivity index (χ0v) is 15.8. The SMILES string of the molecule is Cc1nn(C)c(C)c1CC(C)C(=O)N(C)c1ccc(OCC(=O)O)cc1. The first kappa shape index (κ1) is 19.5. The minimum absolute atomic E-state index is 0.00635. The Morgan fingerprint density at radius 3 is 2.38 bits per heavy atom. The second-order valence-electron chi connectivity index (χ2n) is 6.45. The van der Waals surface area contributed by atoms with Crippen molar-refractivity contribution in [2.45, 2.75) is 27.2 Å². The number of nitrogens with zero attached hydrogens (tertiary/aromatic N) is 3. The Morgan fingerprint density at radius 1 is 1.27 bits per heavy atom. The van der Waals surface area contributed by atoms with Crippen molar-refractivity contribution in [2.75, 3.05) is 18.6 Å². The lowest BCUT2D eigenvalue weighted by atomic mass is 9.98. The highest BCUT2D eigenvalue weighted by Crippen LogP contribution is 2.22. The number of hydrogen-bond acceptors (Lipinski definition) is 4. The molecule has 0 bridgehead atoms. The molecule has 7 nitrogen and oxygen atoms in total. The fraction of sp³-hybridized carbons (Fsp3) is 0.421. The van der Waals surface area contributed by atoms with E-state index < -0.39 is 12.6 Å². The zero-order chi connectivity index (χ0) is 19.4. The minimum Gasteiger partial charge on any atom is -0.482 e. The summed E-state index contributed by atoms with van der Waals surface area (Å²) in [4.78, 5) is 24.9. The lowest BCUT2D eigenvalue weighted by molar-refractivity contribution is -0.139. The van der Waals surface area contributed by atoms with Gasteiger partial charge in [0.1, 0.15) is 5.75 Å². The minimum atomic E-state index is -1.03. The molecule has 2 aromatic rings. The maximum Gasteiger partial charge on any atom is 0.341 e. The quantitative estimate of drug-likeness (QED) is 0.820. The van der Waals surface area contributed by atoms with Gasteiger partial charge in [0, 0.05) is 31.4 Å². The van der Waals surface area contributed by atoms with Gasteiger partial charge in [-0.1, -0.05) is 6.92 Å². The fourth-order valence-corrected chi connectivity index (χ4v) is 2.88. The molecule has 0 fully saturated rings. The molecule has 1 aromatic heterocycles. The summed E-state index contributed by atoms with van der Waals surface area (Å²) in [5, 5.41) is 13.0. The van der Waals surface area contributed by atoms with E-state index in [-0.39, 0.29) is 11.8 Å². The third-order valence-electron chi connectivity index (χ3n) is 4.51. The van der Waals surface area contributed by atoms with Gasteiger partial charge in [0.2, 0.25) is 5.91 Å². The molecule has 1 aromatic carbocycles. The van der Waals surface area contributed by atoms with Crippen LogP contribution in [0.5, 0.6) is 5.75 Å². The number of ether oxygens (including phenoxy) is 1. The van der Waals surface area contributed by atoms with Gasteiger partial charge in [-0.3, -0.25) is 9.48 Å². The number of aliphatic carboxylic acids is 1. The van der Waals surface area contributed by atoms with Crippen LogP contribution in [0.2, 0.25) is 0 Å². The van der Waals surface area contributed by atoms with E-state index in [1.54, 1.807) is 36.2 Å². The number of carbonyl (C=O) groups is 2. The van der Waals surface area contributed by atoms with E-state index in [1.807, 2.05) is 32.5 Å². The smallest absolute Gasteiger partial charge is 0.341 e. The van der Waals surface area contributed by atoms with E-state index in [9.17, 15) is 9.59 Å². The highest BCUT2D eigenvalue weighted by Gasteiger charge is 2.22. The van der Waals surface area contributed by atoms with Crippen LogP contribution in [0.3, 0.4) is 0 Å². The molecule has 1 atom stereocenters. The highest BCUT2D eigenvalue weighted by atomic mass is 16.5. The number of aryl methyl sites for hydroxylation is 2. The monoisotopic (exact) mass is 359 g/mol. The van der Waals surface area contributed by atoms with Gasteiger partial charge in [0.15, 0.2) is 6.61 Å². The van der Waals surface area contributed by atoms with Gasteiger partial charge in [-0.05, 0) is 50.1 Å². The average molecular weight is 359 g/mol. The Hall–Kier alpha value is -2.83. The summed E-state index contributed by atoms with van der Waals surface area (Å²) in [5.41, 5.74) is 3.86. The Balaban J connectivity index is 2.04. The van der Waals surface area contributed by atoms with Crippen LogP contribution in [0.15, 0.2) is 24.3 Å². The second-order valence-corrected chi connectivity index (χ2v) is 6.45. The third-order valence-corrected chi connectivity index (χ3v) is 4.51. The summed E-state index contributed by atoms with van der Waals surface area (Å²) in [5.74, 6) is -0.765. The number of benzene rings is 1. The van der Waals surface area contributed by atoms with Crippen LogP contribution in [0.1, 0.15) is 23.9 Å². The van der Waals surface area contributed by atoms with Crippen LogP contribution in [-0.4, -0.2) is 40.4 Å². The number of hydrogen-bond donors (Lipinski definition) is 1. The molecule has 1 amide bonds. The molecular formula is C19H25N3O4. The molecule has 1 heterocycles. The van der Waals surface area contributed by atoms with Gasteiger partial charge in [0.05, 0.1) is 5.69 Å². The van der Waals surface area contributed by atoms with E-state index in [0.29, 0.717) is 12.2 Å². The molecule has 2 rings (SSSR count). The third kappa shape index (κ3) is 4.41. The Kier molecular flexibility index (Phi) is 6.02. The first-order valence-corrected chi connectivity index (χ1v) is 8.42. The van der Waals surface area contributed by atoms with Gasteiger partial charge in [0.25, 0.3) is 0 Å². The molecule has 0 radical (unpaired) electrons. The number of rotatable bonds is 7. The summed E-state index contributed by atoms with van der Waals surface area (Å²) >= 11 is 0. The number of anilines is 1. The molecule has 7 heteroatoms. The van der Waals surface area contributed by atoms with Crippen LogP contribution >= 0.6 is 0 Å². The largest absolute Gasteiger partial charge is 0.482 e. The molecule has 0 aliphatic carbocycles. The Labute approximate surface area is 153 Å². The lowest BCUT2D eigenvalue weighted by Gasteiger charge is -2.22. The lowest BCUT2D eigenvalue weighted by Crippen LogP contribution is -2.32. The van der Waals surface area contributed by atoms with Crippen molar-refractivity contribution in [3.05, 3.63) is 41.2 Å². The van der Waals surface area contributed by atoms with Crippen LogP contribution in [0, 0.1) is 19.8 Å². The van der Waals surface area contributed by atoms with Crippen LogP contribution in [0.4, 0.5) is 5.69 Å². The zero-order valence-electron chi connectivity index (χ0n) is 15.8. The van der Waals surface area contributed by atoms with Crippen LogP contribution in [0.25, 0.3) is 0 Å². The van der Waals surface area contributed by atoms with Crippen LogP contribution < -0.4 is 9.64 Å². The second kappa shape index (κ2) is 8.03. The molecule has 0 aliphatic rings. The van der Waals surface area contributed by atoms with Gasteiger partial charge in [-0.15, -0.1) is 0 Å². The molecule has 140 valence electrons. The van der Waals surface area contributed by atoms with Crippen molar-refractivity contribution in [2.24, 2.45) is 13.0 Å². The van der Waals surface area contributed by atoms with Gasteiger partial charge in [-0.2, -0.15) is 5.10 Å². The highest BCUT2D eigenvalue weighted by molar-refractivity contribution is 5.94. The standard InChI is InChI=1S/C19H25N3O4/c1-12(10-17-13(2)20-22(5)14(17)3)19(25)21(4)15-6-8-16(9-7-15)26-11-18(23)24/h6-9,12H,10-11H2,1-5H3,(H,23,24). The van der Waals surface area contributed by atoms with E-state index in [2.05, 4.69) is 5.10 Å².